The highest BCUT2D eigenvalue weighted by Gasteiger charge is 2.52. The van der Waals surface area contributed by atoms with E-state index in [4.69, 9.17) is 18.6 Å². The first-order chi connectivity index (χ1) is 23.1. The van der Waals surface area contributed by atoms with E-state index in [1.807, 2.05) is 13.8 Å². The molecule has 2 heterocycles. The van der Waals surface area contributed by atoms with E-state index in [1.165, 1.54) is 61.7 Å². The maximum Gasteiger partial charge on any atom is 0.306 e. The van der Waals surface area contributed by atoms with Gasteiger partial charge in [-0.05, 0) is 67.8 Å². The lowest BCUT2D eigenvalue weighted by Gasteiger charge is -2.46. The Labute approximate surface area is 293 Å². The average molecular weight is 677 g/mol. The van der Waals surface area contributed by atoms with Gasteiger partial charge < -0.3 is 18.6 Å². The van der Waals surface area contributed by atoms with Crippen LogP contribution in [0.5, 0.6) is 0 Å². The van der Waals surface area contributed by atoms with Crippen molar-refractivity contribution in [1.82, 2.24) is 0 Å². The minimum atomic E-state index is -2.79. The molecule has 2 aliphatic rings. The fraction of sp³-hybridized carbons (Fsp3) is 0.643. The van der Waals surface area contributed by atoms with E-state index in [0.717, 1.165) is 32.1 Å². The Bertz CT molecular complexity index is 1200. The molecule has 0 radical (unpaired) electrons. The third-order valence-corrected chi connectivity index (χ3v) is 15.2. The number of rotatable bonds is 20. The Morgan fingerprint density at radius 1 is 0.812 bits per heavy atom. The lowest BCUT2D eigenvalue weighted by atomic mass is 10.0. The van der Waals surface area contributed by atoms with Gasteiger partial charge in [-0.3, -0.25) is 4.79 Å². The van der Waals surface area contributed by atoms with Crippen LogP contribution in [-0.4, -0.2) is 44.5 Å². The Hall–Kier alpha value is -2.25. The fourth-order valence-corrected chi connectivity index (χ4v) is 12.4. The lowest BCUT2D eigenvalue weighted by Crippen LogP contribution is -2.68. The number of hydrogen-bond donors (Lipinski definition) is 0. The SMILES string of the molecule is CCCCCCCCCC[C@@H]1OC(C)(C)O[C@@H]1CC/C=C\CC[C@H](O[Si](c1ccccc1)(c1ccccc1)C(C)(C)C)[C@H]1CCC(=O)O1. The van der Waals surface area contributed by atoms with E-state index >= 15 is 0 Å². The van der Waals surface area contributed by atoms with Gasteiger partial charge in [0.25, 0.3) is 8.32 Å². The van der Waals surface area contributed by atoms with Gasteiger partial charge in [0.1, 0.15) is 6.10 Å². The van der Waals surface area contributed by atoms with E-state index in [-0.39, 0.29) is 35.4 Å². The fourth-order valence-electron chi connectivity index (χ4n) is 7.68. The quantitative estimate of drug-likeness (QED) is 0.0605. The first-order valence-corrected chi connectivity index (χ1v) is 21.0. The largest absolute Gasteiger partial charge is 0.460 e. The number of carbonyl (C=O) groups excluding carboxylic acids is 1. The molecule has 48 heavy (non-hydrogen) atoms. The molecule has 0 spiro atoms. The van der Waals surface area contributed by atoms with Gasteiger partial charge in [-0.15, -0.1) is 0 Å². The molecule has 0 aromatic heterocycles. The van der Waals surface area contributed by atoms with E-state index in [0.29, 0.717) is 12.8 Å². The maximum absolute atomic E-state index is 12.3. The number of benzene rings is 2. The van der Waals surface area contributed by atoms with Gasteiger partial charge in [-0.1, -0.05) is 152 Å². The summed E-state index contributed by atoms with van der Waals surface area (Å²) in [6.45, 7) is 13.3. The van der Waals surface area contributed by atoms with Crippen LogP contribution >= 0.6 is 0 Å². The van der Waals surface area contributed by atoms with Crippen molar-refractivity contribution in [2.75, 3.05) is 0 Å². The maximum atomic E-state index is 12.3. The third-order valence-electron chi connectivity index (χ3n) is 10.1. The van der Waals surface area contributed by atoms with Crippen LogP contribution in [0.15, 0.2) is 72.8 Å². The van der Waals surface area contributed by atoms with Gasteiger partial charge in [-0.2, -0.15) is 0 Å². The van der Waals surface area contributed by atoms with Crippen molar-refractivity contribution in [2.45, 2.75) is 173 Å². The average Bonchev–Trinajstić information content (AvgIpc) is 3.63. The van der Waals surface area contributed by atoms with Gasteiger partial charge in [0, 0.05) is 6.42 Å². The van der Waals surface area contributed by atoms with Gasteiger partial charge in [-0.25, -0.2) is 0 Å². The molecule has 0 saturated carbocycles. The number of ether oxygens (including phenoxy) is 3. The van der Waals surface area contributed by atoms with Crippen molar-refractivity contribution < 1.29 is 23.4 Å². The number of carbonyl (C=O) groups is 1. The third kappa shape index (κ3) is 10.9. The molecule has 2 fully saturated rings. The van der Waals surface area contributed by atoms with Crippen molar-refractivity contribution >= 4 is 24.7 Å². The molecule has 0 bridgehead atoms. The summed E-state index contributed by atoms with van der Waals surface area (Å²) in [6, 6.07) is 21.5. The van der Waals surface area contributed by atoms with Crippen molar-refractivity contribution in [2.24, 2.45) is 0 Å². The lowest BCUT2D eigenvalue weighted by molar-refractivity contribution is -0.147. The van der Waals surface area contributed by atoms with Crippen LogP contribution in [0.4, 0.5) is 0 Å². The molecule has 0 N–H and O–H groups in total. The number of hydrogen-bond acceptors (Lipinski definition) is 5. The molecule has 4 atom stereocenters. The molecule has 2 aromatic rings. The van der Waals surface area contributed by atoms with Crippen molar-refractivity contribution in [3.8, 4) is 0 Å². The number of esters is 1. The molecular formula is C42H64O5Si. The smallest absolute Gasteiger partial charge is 0.306 e. The van der Waals surface area contributed by atoms with E-state index < -0.39 is 14.1 Å². The molecule has 0 unspecified atom stereocenters. The summed E-state index contributed by atoms with van der Waals surface area (Å²) >= 11 is 0. The molecular weight excluding hydrogens is 613 g/mol. The zero-order chi connectivity index (χ0) is 34.5. The summed E-state index contributed by atoms with van der Waals surface area (Å²) < 4.78 is 26.1. The topological polar surface area (TPSA) is 54.0 Å². The highest BCUT2D eigenvalue weighted by molar-refractivity contribution is 6.99. The molecule has 6 heteroatoms. The standard InChI is InChI=1S/C42H64O5Si/c1-7-8-9-10-11-12-13-22-29-37-38(46-42(5,6)45-37)30-23-14-15-24-31-39(36-32-33-40(43)44-36)47-48(41(2,3)4,34-25-18-16-19-26-34)35-27-20-17-21-28-35/h14-21,25-28,36-39H,7-13,22-24,29-33H2,1-6H3/b15-14-/t36-,37+,38-,39+/m1/s1. The summed E-state index contributed by atoms with van der Waals surface area (Å²) in [7, 11) is -2.79. The monoisotopic (exact) mass is 676 g/mol. The van der Waals surface area contributed by atoms with Gasteiger partial charge >= 0.3 is 5.97 Å². The Morgan fingerprint density at radius 2 is 1.35 bits per heavy atom. The normalized spacial score (nSPS) is 22.0. The van der Waals surface area contributed by atoms with E-state index in [2.05, 4.69) is 101 Å². The molecule has 266 valence electrons. The summed E-state index contributed by atoms with van der Waals surface area (Å²) in [6.07, 6.45) is 20.9. The number of allylic oxidation sites excluding steroid dienone is 2. The van der Waals surface area contributed by atoms with Crippen LogP contribution in [0.2, 0.25) is 5.04 Å². The number of unbranched alkanes of at least 4 members (excludes halogenated alkanes) is 7. The first kappa shape index (κ1) is 38.5. The van der Waals surface area contributed by atoms with Crippen molar-refractivity contribution in [3.63, 3.8) is 0 Å². The van der Waals surface area contributed by atoms with Crippen LogP contribution in [0.1, 0.15) is 138 Å². The molecule has 0 aliphatic carbocycles. The Balaban J connectivity index is 1.37. The van der Waals surface area contributed by atoms with Crippen LogP contribution in [-0.2, 0) is 23.4 Å². The zero-order valence-corrected chi connectivity index (χ0v) is 31.9. The van der Waals surface area contributed by atoms with E-state index in [9.17, 15) is 4.79 Å². The molecule has 2 aromatic carbocycles. The summed E-state index contributed by atoms with van der Waals surface area (Å²) in [4.78, 5) is 12.3. The number of cyclic esters (lactones) is 1. The highest BCUT2D eigenvalue weighted by Crippen LogP contribution is 2.39. The molecule has 5 nitrogen and oxygen atoms in total. The highest BCUT2D eigenvalue weighted by atomic mass is 28.4. The van der Waals surface area contributed by atoms with Gasteiger partial charge in [0.15, 0.2) is 5.79 Å². The van der Waals surface area contributed by atoms with Crippen LogP contribution in [0.25, 0.3) is 0 Å². The predicted molar refractivity (Wildman–Crippen MR) is 200 cm³/mol. The second kappa shape index (κ2) is 18.7. The minimum absolute atomic E-state index is 0.116. The second-order valence-corrected chi connectivity index (χ2v) is 19.7. The molecule has 2 saturated heterocycles. The first-order valence-electron chi connectivity index (χ1n) is 19.0. The molecule has 4 rings (SSSR count). The van der Waals surface area contributed by atoms with Crippen molar-refractivity contribution in [3.05, 3.63) is 72.8 Å². The zero-order valence-electron chi connectivity index (χ0n) is 30.9. The molecule has 2 aliphatic heterocycles. The summed E-state index contributed by atoms with van der Waals surface area (Å²) in [5.74, 6) is -0.626. The van der Waals surface area contributed by atoms with Crippen LogP contribution < -0.4 is 10.4 Å². The predicted octanol–water partition coefficient (Wildman–Crippen LogP) is 9.80. The Morgan fingerprint density at radius 3 is 1.90 bits per heavy atom. The minimum Gasteiger partial charge on any atom is -0.460 e. The molecule has 0 amide bonds. The van der Waals surface area contributed by atoms with Crippen LogP contribution in [0, 0.1) is 0 Å². The van der Waals surface area contributed by atoms with Gasteiger partial charge in [0.05, 0.1) is 18.3 Å². The van der Waals surface area contributed by atoms with E-state index in [1.54, 1.807) is 0 Å². The van der Waals surface area contributed by atoms with Gasteiger partial charge in [0.2, 0.25) is 0 Å². The Kier molecular flexibility index (Phi) is 15.0. The van der Waals surface area contributed by atoms with Crippen molar-refractivity contribution in [1.29, 1.82) is 0 Å². The van der Waals surface area contributed by atoms with Crippen LogP contribution in [0.3, 0.4) is 0 Å². The second-order valence-electron chi connectivity index (χ2n) is 15.5. The summed E-state index contributed by atoms with van der Waals surface area (Å²) in [5, 5.41) is 2.35. The summed E-state index contributed by atoms with van der Waals surface area (Å²) in [5.41, 5.74) is 0.